The van der Waals surface area contributed by atoms with Gasteiger partial charge >= 0.3 is 6.61 Å². The molecule has 0 aliphatic heterocycles. The van der Waals surface area contributed by atoms with E-state index < -0.39 is 6.61 Å². The van der Waals surface area contributed by atoms with E-state index >= 15 is 0 Å². The Morgan fingerprint density at radius 2 is 1.81 bits per heavy atom. The van der Waals surface area contributed by atoms with Crippen LogP contribution in [0.2, 0.25) is 0 Å². The molecule has 0 aliphatic carbocycles. The third kappa shape index (κ3) is 4.53. The number of halogens is 2. The van der Waals surface area contributed by atoms with Gasteiger partial charge in [-0.25, -0.2) is 0 Å². The van der Waals surface area contributed by atoms with Crippen LogP contribution in [0.5, 0.6) is 11.5 Å². The molecule has 0 saturated heterocycles. The number of amides is 1. The van der Waals surface area contributed by atoms with E-state index in [1.807, 2.05) is 36.4 Å². The molecule has 0 fully saturated rings. The number of alkyl halides is 2. The van der Waals surface area contributed by atoms with Gasteiger partial charge in [0, 0.05) is 12.1 Å². The van der Waals surface area contributed by atoms with E-state index in [2.05, 4.69) is 10.1 Å². The molecule has 4 nitrogen and oxygen atoms in total. The highest BCUT2D eigenvalue weighted by molar-refractivity contribution is 6.06. The summed E-state index contributed by atoms with van der Waals surface area (Å²) >= 11 is 0. The number of methoxy groups -OCH3 is 1. The SMILES string of the molecule is COc1ccc(CCNC(=O)c2cccc3ccccc23)cc1OC(F)F. The minimum atomic E-state index is -2.93. The molecule has 3 rings (SSSR count). The maximum absolute atomic E-state index is 12.5. The van der Waals surface area contributed by atoms with Gasteiger partial charge in [0.1, 0.15) is 0 Å². The molecule has 140 valence electrons. The van der Waals surface area contributed by atoms with Crippen LogP contribution in [0.1, 0.15) is 15.9 Å². The molecule has 0 unspecified atom stereocenters. The minimum absolute atomic E-state index is 0.0228. The monoisotopic (exact) mass is 371 g/mol. The number of carbonyl (C=O) groups excluding carboxylic acids is 1. The third-order valence-electron chi connectivity index (χ3n) is 4.18. The molecule has 0 bridgehead atoms. The van der Waals surface area contributed by atoms with Crippen molar-refractivity contribution in [3.05, 3.63) is 71.8 Å². The zero-order valence-electron chi connectivity index (χ0n) is 14.7. The van der Waals surface area contributed by atoms with Gasteiger partial charge in [-0.1, -0.05) is 42.5 Å². The predicted octanol–water partition coefficient (Wildman–Crippen LogP) is 4.42. The number of ether oxygens (including phenoxy) is 2. The summed E-state index contributed by atoms with van der Waals surface area (Å²) in [5.41, 5.74) is 1.36. The summed E-state index contributed by atoms with van der Waals surface area (Å²) in [6, 6.07) is 18.1. The lowest BCUT2D eigenvalue weighted by Crippen LogP contribution is -2.25. The van der Waals surface area contributed by atoms with E-state index in [4.69, 9.17) is 4.74 Å². The van der Waals surface area contributed by atoms with Crippen LogP contribution in [0.3, 0.4) is 0 Å². The van der Waals surface area contributed by atoms with Crippen LogP contribution in [-0.4, -0.2) is 26.2 Å². The van der Waals surface area contributed by atoms with Crippen molar-refractivity contribution in [3.63, 3.8) is 0 Å². The highest BCUT2D eigenvalue weighted by Gasteiger charge is 2.12. The first-order chi connectivity index (χ1) is 13.1. The average molecular weight is 371 g/mol. The maximum atomic E-state index is 12.5. The van der Waals surface area contributed by atoms with Gasteiger partial charge in [-0.05, 0) is 41.0 Å². The van der Waals surface area contributed by atoms with Crippen molar-refractivity contribution in [2.75, 3.05) is 13.7 Å². The molecule has 0 aromatic heterocycles. The van der Waals surface area contributed by atoms with Crippen molar-refractivity contribution in [2.45, 2.75) is 13.0 Å². The Balaban J connectivity index is 1.66. The molecule has 0 radical (unpaired) electrons. The molecule has 1 N–H and O–H groups in total. The van der Waals surface area contributed by atoms with Gasteiger partial charge in [0.15, 0.2) is 11.5 Å². The lowest BCUT2D eigenvalue weighted by Gasteiger charge is -2.12. The predicted molar refractivity (Wildman–Crippen MR) is 99.6 cm³/mol. The minimum Gasteiger partial charge on any atom is -0.493 e. The van der Waals surface area contributed by atoms with Gasteiger partial charge in [-0.3, -0.25) is 4.79 Å². The second-order valence-corrected chi connectivity index (χ2v) is 5.90. The first-order valence-corrected chi connectivity index (χ1v) is 8.46. The molecule has 3 aromatic carbocycles. The normalized spacial score (nSPS) is 10.8. The fraction of sp³-hybridized carbons (Fsp3) is 0.190. The Labute approximate surface area is 155 Å². The van der Waals surface area contributed by atoms with Crippen LogP contribution in [0.15, 0.2) is 60.7 Å². The first kappa shape index (κ1) is 18.6. The number of carbonyl (C=O) groups is 1. The van der Waals surface area contributed by atoms with Gasteiger partial charge in [0.25, 0.3) is 5.91 Å². The van der Waals surface area contributed by atoms with Crippen molar-refractivity contribution in [3.8, 4) is 11.5 Å². The zero-order chi connectivity index (χ0) is 19.2. The largest absolute Gasteiger partial charge is 0.493 e. The molecule has 0 heterocycles. The van der Waals surface area contributed by atoms with E-state index in [0.717, 1.165) is 16.3 Å². The van der Waals surface area contributed by atoms with Crippen molar-refractivity contribution < 1.29 is 23.0 Å². The Hall–Kier alpha value is -3.15. The lowest BCUT2D eigenvalue weighted by atomic mass is 10.0. The van der Waals surface area contributed by atoms with E-state index in [0.29, 0.717) is 18.5 Å². The summed E-state index contributed by atoms with van der Waals surface area (Å²) in [4.78, 5) is 12.5. The maximum Gasteiger partial charge on any atom is 0.387 e. The first-order valence-electron chi connectivity index (χ1n) is 8.46. The number of benzene rings is 3. The highest BCUT2D eigenvalue weighted by atomic mass is 19.3. The van der Waals surface area contributed by atoms with E-state index in [1.165, 1.54) is 13.2 Å². The lowest BCUT2D eigenvalue weighted by molar-refractivity contribution is -0.0512. The van der Waals surface area contributed by atoms with E-state index in [-0.39, 0.29) is 17.4 Å². The molecule has 0 saturated carbocycles. The smallest absolute Gasteiger partial charge is 0.387 e. The van der Waals surface area contributed by atoms with Gasteiger partial charge in [-0.2, -0.15) is 8.78 Å². The second-order valence-electron chi connectivity index (χ2n) is 5.90. The van der Waals surface area contributed by atoms with Gasteiger partial charge < -0.3 is 14.8 Å². The summed E-state index contributed by atoms with van der Waals surface area (Å²) in [6.45, 7) is -2.57. The number of nitrogens with one attached hydrogen (secondary N) is 1. The Bertz CT molecular complexity index is 938. The molecular formula is C21H19F2NO3. The molecule has 6 heteroatoms. The number of fused-ring (bicyclic) bond motifs is 1. The van der Waals surface area contributed by atoms with Crippen molar-refractivity contribution in [1.82, 2.24) is 5.32 Å². The van der Waals surface area contributed by atoms with Crippen LogP contribution in [0.4, 0.5) is 8.78 Å². The summed E-state index contributed by atoms with van der Waals surface area (Å²) in [5.74, 6) is 0.0357. The van der Waals surface area contributed by atoms with Gasteiger partial charge in [0.05, 0.1) is 7.11 Å². The van der Waals surface area contributed by atoms with Crippen LogP contribution >= 0.6 is 0 Å². The van der Waals surface area contributed by atoms with Crippen molar-refractivity contribution >= 4 is 16.7 Å². The molecule has 3 aromatic rings. The van der Waals surface area contributed by atoms with Crippen LogP contribution < -0.4 is 14.8 Å². The molecule has 0 aliphatic rings. The summed E-state index contributed by atoms with van der Waals surface area (Å²) in [5, 5.41) is 4.75. The van der Waals surface area contributed by atoms with Gasteiger partial charge in [0.2, 0.25) is 0 Å². The zero-order valence-corrected chi connectivity index (χ0v) is 14.7. The standard InChI is InChI=1S/C21H19F2NO3/c1-26-18-10-9-14(13-19(18)27-21(22)23)11-12-24-20(25)17-8-4-6-15-5-2-3-7-16(15)17/h2-10,13,21H,11-12H2,1H3,(H,24,25). The van der Waals surface area contributed by atoms with Crippen LogP contribution in [0, 0.1) is 0 Å². The Morgan fingerprint density at radius 1 is 1.04 bits per heavy atom. The Kier molecular flexibility index (Phi) is 5.86. The van der Waals surface area contributed by atoms with Crippen LogP contribution in [-0.2, 0) is 6.42 Å². The van der Waals surface area contributed by atoms with Crippen molar-refractivity contribution in [1.29, 1.82) is 0 Å². The quantitative estimate of drug-likeness (QED) is 0.669. The third-order valence-corrected chi connectivity index (χ3v) is 4.18. The fourth-order valence-electron chi connectivity index (χ4n) is 2.90. The summed E-state index contributed by atoms with van der Waals surface area (Å²) < 4.78 is 34.5. The number of hydrogen-bond acceptors (Lipinski definition) is 3. The molecule has 27 heavy (non-hydrogen) atoms. The van der Waals surface area contributed by atoms with E-state index in [9.17, 15) is 13.6 Å². The van der Waals surface area contributed by atoms with Crippen LogP contribution in [0.25, 0.3) is 10.8 Å². The second kappa shape index (κ2) is 8.49. The number of hydrogen-bond donors (Lipinski definition) is 1. The molecule has 1 amide bonds. The summed E-state index contributed by atoms with van der Waals surface area (Å²) in [6.07, 6.45) is 0.472. The molecule has 0 atom stereocenters. The topological polar surface area (TPSA) is 47.6 Å². The summed E-state index contributed by atoms with van der Waals surface area (Å²) in [7, 11) is 1.39. The number of rotatable bonds is 7. The molecular weight excluding hydrogens is 352 g/mol. The van der Waals surface area contributed by atoms with E-state index in [1.54, 1.807) is 18.2 Å². The fourth-order valence-corrected chi connectivity index (χ4v) is 2.90. The Morgan fingerprint density at radius 3 is 2.59 bits per heavy atom. The molecule has 0 spiro atoms. The van der Waals surface area contributed by atoms with Gasteiger partial charge in [-0.15, -0.1) is 0 Å². The average Bonchev–Trinajstić information content (AvgIpc) is 2.67. The highest BCUT2D eigenvalue weighted by Crippen LogP contribution is 2.29. The van der Waals surface area contributed by atoms with Crippen molar-refractivity contribution in [2.24, 2.45) is 0 Å².